The first kappa shape index (κ1) is 10.9. The summed E-state index contributed by atoms with van der Waals surface area (Å²) < 4.78 is 10.0. The number of ether oxygens (including phenoxy) is 2. The summed E-state index contributed by atoms with van der Waals surface area (Å²) in [5.74, 6) is -0.192. The first-order valence-electron chi connectivity index (χ1n) is 5.71. The van der Waals surface area contributed by atoms with E-state index in [0.29, 0.717) is 19.1 Å². The highest BCUT2D eigenvalue weighted by atomic mass is 16.5. The number of carbonyl (C=O) groups excluding carboxylic acids is 1. The Kier molecular flexibility index (Phi) is 3.59. The summed E-state index contributed by atoms with van der Waals surface area (Å²) >= 11 is 0. The van der Waals surface area contributed by atoms with E-state index in [1.54, 1.807) is 0 Å². The van der Waals surface area contributed by atoms with E-state index in [1.807, 2.05) is 0 Å². The fourth-order valence-electron chi connectivity index (χ4n) is 2.00. The predicted molar refractivity (Wildman–Crippen MR) is 55.6 cm³/mol. The quantitative estimate of drug-likeness (QED) is 0.483. The van der Waals surface area contributed by atoms with E-state index < -0.39 is 0 Å². The van der Waals surface area contributed by atoms with E-state index >= 15 is 0 Å². The van der Waals surface area contributed by atoms with E-state index in [9.17, 15) is 4.79 Å². The summed E-state index contributed by atoms with van der Waals surface area (Å²) in [7, 11) is 1.41. The Balaban J connectivity index is 1.52. The maximum atomic E-state index is 10.8. The van der Waals surface area contributed by atoms with Crippen LogP contribution >= 0.6 is 0 Å². The van der Waals surface area contributed by atoms with Crippen molar-refractivity contribution >= 4 is 5.97 Å². The average Bonchev–Trinajstić information content (AvgIpc) is 2.99. The fourth-order valence-corrected chi connectivity index (χ4v) is 2.00. The zero-order chi connectivity index (χ0) is 10.7. The van der Waals surface area contributed by atoms with Gasteiger partial charge in [-0.15, -0.1) is 0 Å². The molecule has 2 fully saturated rings. The van der Waals surface area contributed by atoms with Crippen molar-refractivity contribution in [1.29, 1.82) is 0 Å². The van der Waals surface area contributed by atoms with Gasteiger partial charge in [-0.05, 0) is 19.3 Å². The number of hydrogen-bond acceptors (Lipinski definition) is 4. The van der Waals surface area contributed by atoms with Gasteiger partial charge >= 0.3 is 5.97 Å². The number of carbonyl (C=O) groups is 1. The van der Waals surface area contributed by atoms with Crippen molar-refractivity contribution in [2.45, 2.75) is 37.8 Å². The Bertz CT molecular complexity index is 228. The summed E-state index contributed by atoms with van der Waals surface area (Å²) in [6.07, 6.45) is 4.33. The molecule has 1 saturated heterocycles. The van der Waals surface area contributed by atoms with E-state index in [0.717, 1.165) is 12.6 Å². The molecule has 0 aromatic rings. The maximum Gasteiger partial charge on any atom is 0.307 e. The molecule has 1 aliphatic carbocycles. The number of likely N-dealkylation sites (tertiary alicyclic amines) is 1. The molecule has 1 unspecified atom stereocenters. The molecule has 1 saturated carbocycles. The summed E-state index contributed by atoms with van der Waals surface area (Å²) in [5.41, 5.74) is 0. The lowest BCUT2D eigenvalue weighted by atomic mass is 10.0. The molecule has 0 spiro atoms. The largest absolute Gasteiger partial charge is 0.469 e. The van der Waals surface area contributed by atoms with Crippen LogP contribution in [0.1, 0.15) is 25.7 Å². The maximum absolute atomic E-state index is 10.8. The summed E-state index contributed by atoms with van der Waals surface area (Å²) in [5, 5.41) is 0. The molecule has 15 heavy (non-hydrogen) atoms. The van der Waals surface area contributed by atoms with Crippen LogP contribution in [0.2, 0.25) is 0 Å². The summed E-state index contributed by atoms with van der Waals surface area (Å²) in [6.45, 7) is 2.49. The monoisotopic (exact) mass is 213 g/mol. The topological polar surface area (TPSA) is 38.8 Å². The molecule has 1 aliphatic heterocycles. The van der Waals surface area contributed by atoms with Gasteiger partial charge in [0, 0.05) is 18.6 Å². The van der Waals surface area contributed by atoms with Crippen molar-refractivity contribution in [3.05, 3.63) is 0 Å². The van der Waals surface area contributed by atoms with Gasteiger partial charge in [0.05, 0.1) is 26.7 Å². The molecule has 4 heteroatoms. The highest BCUT2D eigenvalue weighted by molar-refractivity contribution is 5.69. The Morgan fingerprint density at radius 1 is 1.40 bits per heavy atom. The third kappa shape index (κ3) is 2.92. The van der Waals surface area contributed by atoms with Crippen LogP contribution in [0.5, 0.6) is 0 Å². The van der Waals surface area contributed by atoms with Crippen LogP contribution in [0.3, 0.4) is 0 Å². The Morgan fingerprint density at radius 3 is 2.73 bits per heavy atom. The van der Waals surface area contributed by atoms with Crippen LogP contribution < -0.4 is 0 Å². The lowest BCUT2D eigenvalue weighted by Crippen LogP contribution is -2.51. The van der Waals surface area contributed by atoms with Crippen molar-refractivity contribution in [2.24, 2.45) is 0 Å². The van der Waals surface area contributed by atoms with Crippen molar-refractivity contribution in [3.8, 4) is 0 Å². The van der Waals surface area contributed by atoms with Crippen molar-refractivity contribution in [2.75, 3.05) is 26.9 Å². The minimum atomic E-state index is -0.192. The first-order valence-corrected chi connectivity index (χ1v) is 5.71. The van der Waals surface area contributed by atoms with Gasteiger partial charge < -0.3 is 9.47 Å². The number of rotatable bonds is 6. The van der Waals surface area contributed by atoms with Gasteiger partial charge in [0.1, 0.15) is 0 Å². The van der Waals surface area contributed by atoms with Gasteiger partial charge in [-0.2, -0.15) is 0 Å². The SMILES string of the molecule is COC(=O)CCOCC1CCN1C1CC1. The van der Waals surface area contributed by atoms with E-state index in [1.165, 1.54) is 32.9 Å². The fraction of sp³-hybridized carbons (Fsp3) is 0.909. The molecular formula is C11H19NO3. The lowest BCUT2D eigenvalue weighted by molar-refractivity contribution is -0.142. The molecule has 2 aliphatic rings. The average molecular weight is 213 g/mol. The molecular weight excluding hydrogens is 194 g/mol. The van der Waals surface area contributed by atoms with Gasteiger partial charge in [0.25, 0.3) is 0 Å². The minimum Gasteiger partial charge on any atom is -0.469 e. The van der Waals surface area contributed by atoms with Crippen LogP contribution in [0.4, 0.5) is 0 Å². The third-order valence-corrected chi connectivity index (χ3v) is 3.19. The highest BCUT2D eigenvalue weighted by Gasteiger charge is 2.39. The minimum absolute atomic E-state index is 0.192. The molecule has 0 aromatic heterocycles. The Hall–Kier alpha value is -0.610. The molecule has 0 bridgehead atoms. The first-order chi connectivity index (χ1) is 7.31. The summed E-state index contributed by atoms with van der Waals surface area (Å²) in [4.78, 5) is 13.3. The lowest BCUT2D eigenvalue weighted by Gasteiger charge is -2.41. The number of esters is 1. The van der Waals surface area contributed by atoms with Crippen molar-refractivity contribution < 1.29 is 14.3 Å². The Labute approximate surface area is 90.5 Å². The molecule has 0 aromatic carbocycles. The molecule has 0 radical (unpaired) electrons. The molecule has 1 heterocycles. The second kappa shape index (κ2) is 4.94. The van der Waals surface area contributed by atoms with Crippen LogP contribution in [0, 0.1) is 0 Å². The van der Waals surface area contributed by atoms with E-state index in [2.05, 4.69) is 9.64 Å². The number of methoxy groups -OCH3 is 1. The summed E-state index contributed by atoms with van der Waals surface area (Å²) in [6, 6.07) is 1.45. The Morgan fingerprint density at radius 2 is 2.20 bits per heavy atom. The molecule has 2 rings (SSSR count). The van der Waals surface area contributed by atoms with Crippen LogP contribution in [-0.4, -0.2) is 49.8 Å². The number of hydrogen-bond donors (Lipinski definition) is 0. The molecule has 1 atom stereocenters. The second-order valence-corrected chi connectivity index (χ2v) is 4.31. The smallest absolute Gasteiger partial charge is 0.307 e. The molecule has 86 valence electrons. The third-order valence-electron chi connectivity index (χ3n) is 3.19. The van der Waals surface area contributed by atoms with Gasteiger partial charge in [-0.3, -0.25) is 9.69 Å². The van der Waals surface area contributed by atoms with Crippen LogP contribution in [-0.2, 0) is 14.3 Å². The zero-order valence-electron chi connectivity index (χ0n) is 9.28. The van der Waals surface area contributed by atoms with E-state index in [4.69, 9.17) is 4.74 Å². The van der Waals surface area contributed by atoms with Gasteiger partial charge in [-0.1, -0.05) is 0 Å². The van der Waals surface area contributed by atoms with Gasteiger partial charge in [-0.25, -0.2) is 0 Å². The molecule has 0 N–H and O–H groups in total. The number of nitrogens with zero attached hydrogens (tertiary/aromatic N) is 1. The molecule has 4 nitrogen and oxygen atoms in total. The predicted octanol–water partition coefficient (Wildman–Crippen LogP) is 0.803. The zero-order valence-corrected chi connectivity index (χ0v) is 9.28. The normalized spacial score (nSPS) is 26.1. The van der Waals surface area contributed by atoms with Crippen LogP contribution in [0.15, 0.2) is 0 Å². The second-order valence-electron chi connectivity index (χ2n) is 4.31. The van der Waals surface area contributed by atoms with Crippen molar-refractivity contribution in [3.63, 3.8) is 0 Å². The van der Waals surface area contributed by atoms with Gasteiger partial charge in [0.15, 0.2) is 0 Å². The van der Waals surface area contributed by atoms with E-state index in [-0.39, 0.29) is 5.97 Å². The van der Waals surface area contributed by atoms with Gasteiger partial charge in [0.2, 0.25) is 0 Å². The highest BCUT2D eigenvalue weighted by Crippen LogP contribution is 2.34. The molecule has 0 amide bonds. The van der Waals surface area contributed by atoms with Crippen LogP contribution in [0.25, 0.3) is 0 Å². The van der Waals surface area contributed by atoms with Crippen molar-refractivity contribution in [1.82, 2.24) is 4.90 Å². The standard InChI is InChI=1S/C11H19NO3/c1-14-11(13)5-7-15-8-10-4-6-12(10)9-2-3-9/h9-10H,2-8H2,1H3.